The van der Waals surface area contributed by atoms with Gasteiger partial charge in [0.15, 0.2) is 5.65 Å². The topological polar surface area (TPSA) is 85.4 Å². The van der Waals surface area contributed by atoms with E-state index < -0.39 is 5.60 Å². The van der Waals surface area contributed by atoms with Gasteiger partial charge >= 0.3 is 0 Å². The van der Waals surface area contributed by atoms with Gasteiger partial charge in [-0.05, 0) is 38.0 Å². The molecule has 0 saturated heterocycles. The molecular weight excluding hydrogens is 378 g/mol. The van der Waals surface area contributed by atoms with Gasteiger partial charge < -0.3 is 9.84 Å². The Morgan fingerprint density at radius 3 is 2.80 bits per heavy atom. The number of fused-ring (bicyclic) bond motifs is 2. The second kappa shape index (κ2) is 7.18. The third kappa shape index (κ3) is 3.31. The predicted molar refractivity (Wildman–Crippen MR) is 112 cm³/mol. The maximum absolute atomic E-state index is 10.1. The van der Waals surface area contributed by atoms with Gasteiger partial charge in [0, 0.05) is 41.9 Å². The summed E-state index contributed by atoms with van der Waals surface area (Å²) in [5.41, 5.74) is 4.76. The fraction of sp³-hybridized carbons (Fsp3) is 0.304. The van der Waals surface area contributed by atoms with Gasteiger partial charge in [0.2, 0.25) is 0 Å². The van der Waals surface area contributed by atoms with Crippen molar-refractivity contribution in [3.05, 3.63) is 71.7 Å². The third-order valence-corrected chi connectivity index (χ3v) is 5.57. The summed E-state index contributed by atoms with van der Waals surface area (Å²) in [4.78, 5) is 9.11. The van der Waals surface area contributed by atoms with E-state index >= 15 is 0 Å². The number of aliphatic hydroxyl groups is 1. The molecule has 0 unspecified atom stereocenters. The van der Waals surface area contributed by atoms with Crippen molar-refractivity contribution in [2.24, 2.45) is 0 Å². The summed E-state index contributed by atoms with van der Waals surface area (Å²) in [5.74, 6) is 1.92. The highest BCUT2D eigenvalue weighted by molar-refractivity contribution is 5.76. The second-order valence-electron chi connectivity index (χ2n) is 8.10. The summed E-state index contributed by atoms with van der Waals surface area (Å²) in [6.45, 7) is 4.20. The molecule has 1 aliphatic heterocycles. The lowest BCUT2D eigenvalue weighted by molar-refractivity contribution is 0.0739. The van der Waals surface area contributed by atoms with Crippen molar-refractivity contribution >= 4 is 5.65 Å². The van der Waals surface area contributed by atoms with E-state index in [0.29, 0.717) is 5.69 Å². The Bertz CT molecular complexity index is 1210. The Hall–Kier alpha value is -3.32. The quantitative estimate of drug-likeness (QED) is 0.553. The third-order valence-electron chi connectivity index (χ3n) is 5.57. The maximum Gasteiger partial charge on any atom is 0.171 e. The molecule has 1 N–H and O–H groups in total. The van der Waals surface area contributed by atoms with Crippen LogP contribution in [0.25, 0.3) is 16.8 Å². The number of benzene rings is 1. The van der Waals surface area contributed by atoms with E-state index in [4.69, 9.17) is 9.72 Å². The van der Waals surface area contributed by atoms with Gasteiger partial charge in [0.05, 0.1) is 12.3 Å². The molecule has 30 heavy (non-hydrogen) atoms. The Balaban J connectivity index is 1.44. The molecule has 5 rings (SSSR count). The number of nitrogens with zero attached hydrogens (tertiary/aromatic N) is 5. The van der Waals surface area contributed by atoms with Crippen LogP contribution in [-0.2, 0) is 24.9 Å². The lowest BCUT2D eigenvalue weighted by atomic mass is 10.0. The van der Waals surface area contributed by atoms with E-state index in [0.717, 1.165) is 54.2 Å². The van der Waals surface area contributed by atoms with Crippen LogP contribution < -0.4 is 4.74 Å². The molecule has 4 heterocycles. The lowest BCUT2D eigenvalue weighted by Crippen LogP contribution is -2.17. The molecule has 7 nitrogen and oxygen atoms in total. The molecule has 0 amide bonds. The van der Waals surface area contributed by atoms with Crippen LogP contribution in [0.5, 0.6) is 5.75 Å². The van der Waals surface area contributed by atoms with Crippen LogP contribution in [0, 0.1) is 0 Å². The van der Waals surface area contributed by atoms with E-state index in [1.54, 1.807) is 26.4 Å². The SMILES string of the molecule is CC(C)(O)c1ccc(-c2cnc(CCc3cccc4c3CCO4)n3cnnc23)cn1. The Morgan fingerprint density at radius 2 is 2.00 bits per heavy atom. The van der Waals surface area contributed by atoms with Gasteiger partial charge in [-0.3, -0.25) is 9.38 Å². The summed E-state index contributed by atoms with van der Waals surface area (Å²) in [5, 5.41) is 18.6. The van der Waals surface area contributed by atoms with Crippen molar-refractivity contribution in [2.45, 2.75) is 38.7 Å². The van der Waals surface area contributed by atoms with Gasteiger partial charge in [0.1, 0.15) is 23.5 Å². The fourth-order valence-corrected chi connectivity index (χ4v) is 3.94. The average molecular weight is 401 g/mol. The average Bonchev–Trinajstić information content (AvgIpc) is 3.41. The minimum atomic E-state index is -0.979. The number of rotatable bonds is 5. The zero-order chi connectivity index (χ0) is 20.7. The lowest BCUT2D eigenvalue weighted by Gasteiger charge is -2.16. The van der Waals surface area contributed by atoms with Crippen LogP contribution in [0.3, 0.4) is 0 Å². The number of hydrogen-bond acceptors (Lipinski definition) is 6. The largest absolute Gasteiger partial charge is 0.493 e. The van der Waals surface area contributed by atoms with Gasteiger partial charge in [-0.25, -0.2) is 4.98 Å². The van der Waals surface area contributed by atoms with E-state index in [-0.39, 0.29) is 0 Å². The minimum Gasteiger partial charge on any atom is -0.493 e. The van der Waals surface area contributed by atoms with Gasteiger partial charge in [0.25, 0.3) is 0 Å². The van der Waals surface area contributed by atoms with Gasteiger partial charge in [-0.1, -0.05) is 18.2 Å². The molecule has 0 spiro atoms. The smallest absolute Gasteiger partial charge is 0.171 e. The summed E-state index contributed by atoms with van der Waals surface area (Å²) in [6, 6.07) is 10.0. The van der Waals surface area contributed by atoms with E-state index in [9.17, 15) is 5.11 Å². The number of aromatic nitrogens is 5. The van der Waals surface area contributed by atoms with Crippen molar-refractivity contribution in [3.8, 4) is 16.9 Å². The molecule has 0 atom stereocenters. The first-order valence-electron chi connectivity index (χ1n) is 10.1. The summed E-state index contributed by atoms with van der Waals surface area (Å²) in [6.07, 6.45) is 7.91. The summed E-state index contributed by atoms with van der Waals surface area (Å²) < 4.78 is 7.62. The first-order chi connectivity index (χ1) is 14.5. The molecule has 1 aliphatic rings. The molecule has 0 aliphatic carbocycles. The first-order valence-corrected chi connectivity index (χ1v) is 10.1. The van der Waals surface area contributed by atoms with Crippen molar-refractivity contribution in [3.63, 3.8) is 0 Å². The number of hydrogen-bond donors (Lipinski definition) is 1. The molecule has 152 valence electrons. The molecule has 0 bridgehead atoms. The molecule has 0 radical (unpaired) electrons. The molecule has 0 fully saturated rings. The van der Waals surface area contributed by atoms with E-state index in [1.807, 2.05) is 28.8 Å². The molecule has 0 saturated carbocycles. The number of ether oxygens (including phenoxy) is 1. The van der Waals surface area contributed by atoms with E-state index in [1.165, 1.54) is 11.1 Å². The molecule has 4 aromatic rings. The standard InChI is InChI=1S/C23H23N5O2/c1-23(2,29)20-8-6-16(12-24-20)18-13-25-21(28-14-26-27-22(18)28)9-7-15-4-3-5-19-17(15)10-11-30-19/h3-6,8,12-14,29H,7,9-11H2,1-2H3. The molecule has 3 aromatic heterocycles. The zero-order valence-electron chi connectivity index (χ0n) is 17.0. The molecule has 7 heteroatoms. The predicted octanol–water partition coefficient (Wildman–Crippen LogP) is 3.13. The normalized spacial score (nSPS) is 13.4. The van der Waals surface area contributed by atoms with Crippen LogP contribution in [0.15, 0.2) is 49.1 Å². The van der Waals surface area contributed by atoms with Gasteiger partial charge in [-0.2, -0.15) is 0 Å². The number of aryl methyl sites for hydroxylation is 2. The van der Waals surface area contributed by atoms with Crippen LogP contribution in [0.2, 0.25) is 0 Å². The summed E-state index contributed by atoms with van der Waals surface area (Å²) >= 11 is 0. The highest BCUT2D eigenvalue weighted by atomic mass is 16.5. The van der Waals surface area contributed by atoms with Crippen molar-refractivity contribution < 1.29 is 9.84 Å². The van der Waals surface area contributed by atoms with Gasteiger partial charge in [-0.15, -0.1) is 10.2 Å². The second-order valence-corrected chi connectivity index (χ2v) is 8.10. The van der Waals surface area contributed by atoms with E-state index in [2.05, 4.69) is 27.3 Å². The molecule has 1 aromatic carbocycles. The Morgan fingerprint density at radius 1 is 1.10 bits per heavy atom. The van der Waals surface area contributed by atoms with Crippen LogP contribution in [0.1, 0.15) is 36.5 Å². The van der Waals surface area contributed by atoms with Crippen LogP contribution >= 0.6 is 0 Å². The Kier molecular flexibility index (Phi) is 4.47. The Labute approximate surface area is 174 Å². The minimum absolute atomic E-state index is 0.618. The number of pyridine rings is 1. The van der Waals surface area contributed by atoms with Crippen molar-refractivity contribution in [2.75, 3.05) is 6.61 Å². The van der Waals surface area contributed by atoms with Crippen molar-refractivity contribution in [1.82, 2.24) is 24.6 Å². The van der Waals surface area contributed by atoms with Crippen molar-refractivity contribution in [1.29, 1.82) is 0 Å². The molecular formula is C23H23N5O2. The highest BCUT2D eigenvalue weighted by Gasteiger charge is 2.19. The fourth-order valence-electron chi connectivity index (χ4n) is 3.94. The summed E-state index contributed by atoms with van der Waals surface area (Å²) in [7, 11) is 0. The maximum atomic E-state index is 10.1. The van der Waals surface area contributed by atoms with Crippen LogP contribution in [0.4, 0.5) is 0 Å². The monoisotopic (exact) mass is 401 g/mol. The van der Waals surface area contributed by atoms with Crippen LogP contribution in [-0.4, -0.2) is 36.3 Å². The highest BCUT2D eigenvalue weighted by Crippen LogP contribution is 2.29. The zero-order valence-corrected chi connectivity index (χ0v) is 17.0. The first kappa shape index (κ1) is 18.7.